The standard InChI is InChI=1S/C14H11Cl4N/c1-8-10(15)3-2-4-13(8)19-7-9-11(16)5-6-12(17)14(9)18/h2-6,19H,7H2,1H3. The predicted molar refractivity (Wildman–Crippen MR) is 85.0 cm³/mol. The average Bonchev–Trinajstić information content (AvgIpc) is 2.39. The van der Waals surface area contributed by atoms with Gasteiger partial charge in [0.15, 0.2) is 0 Å². The summed E-state index contributed by atoms with van der Waals surface area (Å²) >= 11 is 24.3. The summed E-state index contributed by atoms with van der Waals surface area (Å²) in [5.41, 5.74) is 2.70. The minimum absolute atomic E-state index is 0.473. The second kappa shape index (κ2) is 6.23. The van der Waals surface area contributed by atoms with E-state index >= 15 is 0 Å². The monoisotopic (exact) mass is 333 g/mol. The van der Waals surface area contributed by atoms with Crippen LogP contribution in [0, 0.1) is 6.92 Å². The molecule has 0 saturated heterocycles. The summed E-state index contributed by atoms with van der Waals surface area (Å²) in [6, 6.07) is 9.10. The molecule has 100 valence electrons. The third kappa shape index (κ3) is 3.29. The molecule has 5 heteroatoms. The quantitative estimate of drug-likeness (QED) is 0.657. The minimum atomic E-state index is 0.473. The highest BCUT2D eigenvalue weighted by molar-refractivity contribution is 6.44. The van der Waals surface area contributed by atoms with E-state index in [9.17, 15) is 0 Å². The van der Waals surface area contributed by atoms with Crippen LogP contribution in [0.15, 0.2) is 30.3 Å². The predicted octanol–water partition coefficient (Wildman–Crippen LogP) is 6.22. The molecule has 1 N–H and O–H groups in total. The molecule has 0 spiro atoms. The van der Waals surface area contributed by atoms with E-state index < -0.39 is 0 Å². The van der Waals surface area contributed by atoms with Crippen LogP contribution in [0.5, 0.6) is 0 Å². The van der Waals surface area contributed by atoms with Crippen LogP contribution in [0.25, 0.3) is 0 Å². The van der Waals surface area contributed by atoms with Crippen molar-refractivity contribution in [1.82, 2.24) is 0 Å². The molecule has 0 aliphatic heterocycles. The first-order chi connectivity index (χ1) is 9.00. The van der Waals surface area contributed by atoms with Crippen LogP contribution in [0.1, 0.15) is 11.1 Å². The van der Waals surface area contributed by atoms with Crippen LogP contribution < -0.4 is 5.32 Å². The number of halogens is 4. The highest BCUT2D eigenvalue weighted by Crippen LogP contribution is 2.32. The van der Waals surface area contributed by atoms with Crippen LogP contribution in [0.3, 0.4) is 0 Å². The van der Waals surface area contributed by atoms with Crippen molar-refractivity contribution in [2.45, 2.75) is 13.5 Å². The molecule has 0 atom stereocenters. The summed E-state index contributed by atoms with van der Waals surface area (Å²) in [6.07, 6.45) is 0. The Morgan fingerprint density at radius 2 is 1.58 bits per heavy atom. The van der Waals surface area contributed by atoms with Crippen molar-refractivity contribution < 1.29 is 0 Å². The molecule has 0 heterocycles. The van der Waals surface area contributed by atoms with E-state index in [-0.39, 0.29) is 0 Å². The molecule has 0 aliphatic rings. The fourth-order valence-corrected chi connectivity index (χ4v) is 2.57. The zero-order chi connectivity index (χ0) is 14.0. The first-order valence-corrected chi connectivity index (χ1v) is 7.13. The van der Waals surface area contributed by atoms with Crippen molar-refractivity contribution in [3.8, 4) is 0 Å². The van der Waals surface area contributed by atoms with E-state index in [4.69, 9.17) is 46.4 Å². The Kier molecular flexibility index (Phi) is 4.86. The molecule has 1 nitrogen and oxygen atoms in total. The van der Waals surface area contributed by atoms with Gasteiger partial charge in [0.2, 0.25) is 0 Å². The molecular weight excluding hydrogens is 324 g/mol. The first kappa shape index (κ1) is 14.8. The van der Waals surface area contributed by atoms with Gasteiger partial charge in [-0.15, -0.1) is 0 Å². The molecule has 0 amide bonds. The van der Waals surface area contributed by atoms with Crippen LogP contribution in [-0.2, 0) is 6.54 Å². The van der Waals surface area contributed by atoms with Gasteiger partial charge in [-0.2, -0.15) is 0 Å². The van der Waals surface area contributed by atoms with Crippen LogP contribution in [0.4, 0.5) is 5.69 Å². The lowest BCUT2D eigenvalue weighted by atomic mass is 10.1. The third-order valence-corrected chi connectivity index (χ3v) is 4.47. The van der Waals surface area contributed by atoms with Gasteiger partial charge in [0.25, 0.3) is 0 Å². The summed E-state index contributed by atoms with van der Waals surface area (Å²) in [6.45, 7) is 2.44. The van der Waals surface area contributed by atoms with Crippen molar-refractivity contribution in [3.63, 3.8) is 0 Å². The van der Waals surface area contributed by atoms with Crippen molar-refractivity contribution in [1.29, 1.82) is 0 Å². The molecule has 2 rings (SSSR count). The maximum absolute atomic E-state index is 6.15. The molecular formula is C14H11Cl4N. The fourth-order valence-electron chi connectivity index (χ4n) is 1.71. The lowest BCUT2D eigenvalue weighted by Crippen LogP contribution is -2.02. The molecule has 0 radical (unpaired) electrons. The van der Waals surface area contributed by atoms with Gasteiger partial charge in [-0.05, 0) is 36.8 Å². The van der Waals surface area contributed by atoms with Crippen molar-refractivity contribution in [3.05, 3.63) is 61.5 Å². The molecule has 0 aliphatic carbocycles. The highest BCUT2D eigenvalue weighted by atomic mass is 35.5. The maximum Gasteiger partial charge on any atom is 0.0657 e. The number of hydrogen-bond acceptors (Lipinski definition) is 1. The number of benzene rings is 2. The van der Waals surface area contributed by atoms with Gasteiger partial charge in [-0.3, -0.25) is 0 Å². The molecule has 19 heavy (non-hydrogen) atoms. The summed E-state index contributed by atoms with van der Waals surface area (Å²) in [5.74, 6) is 0. The van der Waals surface area contributed by atoms with Gasteiger partial charge >= 0.3 is 0 Å². The van der Waals surface area contributed by atoms with E-state index in [1.807, 2.05) is 25.1 Å². The summed E-state index contributed by atoms with van der Waals surface area (Å²) < 4.78 is 0. The first-order valence-electron chi connectivity index (χ1n) is 5.62. The zero-order valence-electron chi connectivity index (χ0n) is 10.1. The van der Waals surface area contributed by atoms with Crippen molar-refractivity contribution in [2.75, 3.05) is 5.32 Å². The summed E-state index contributed by atoms with van der Waals surface area (Å²) in [7, 11) is 0. The lowest BCUT2D eigenvalue weighted by Gasteiger charge is -2.13. The Bertz CT molecular complexity index is 611. The fraction of sp³-hybridized carbons (Fsp3) is 0.143. The molecule has 0 bridgehead atoms. The number of anilines is 1. The molecule has 0 saturated carbocycles. The van der Waals surface area contributed by atoms with Gasteiger partial charge < -0.3 is 5.32 Å². The lowest BCUT2D eigenvalue weighted by molar-refractivity contribution is 1.14. The Morgan fingerprint density at radius 3 is 2.32 bits per heavy atom. The largest absolute Gasteiger partial charge is 0.381 e. The second-order valence-corrected chi connectivity index (χ2v) is 5.69. The molecule has 0 aromatic heterocycles. The zero-order valence-corrected chi connectivity index (χ0v) is 13.1. The van der Waals surface area contributed by atoms with Gasteiger partial charge in [0, 0.05) is 27.8 Å². The maximum atomic E-state index is 6.15. The topological polar surface area (TPSA) is 12.0 Å². The Labute approximate surface area is 132 Å². The van der Waals surface area contributed by atoms with E-state index in [1.54, 1.807) is 12.1 Å². The normalized spacial score (nSPS) is 10.6. The van der Waals surface area contributed by atoms with Crippen LogP contribution >= 0.6 is 46.4 Å². The van der Waals surface area contributed by atoms with Gasteiger partial charge in [-0.1, -0.05) is 52.5 Å². The Hall–Kier alpha value is -0.600. The van der Waals surface area contributed by atoms with Gasteiger partial charge in [0.05, 0.1) is 10.0 Å². The molecule has 0 fully saturated rings. The molecule has 2 aromatic carbocycles. The van der Waals surface area contributed by atoms with Gasteiger partial charge in [-0.25, -0.2) is 0 Å². The van der Waals surface area contributed by atoms with E-state index in [2.05, 4.69) is 5.32 Å². The van der Waals surface area contributed by atoms with E-state index in [1.165, 1.54) is 0 Å². The van der Waals surface area contributed by atoms with E-state index in [0.717, 1.165) is 16.8 Å². The SMILES string of the molecule is Cc1c(Cl)cccc1NCc1c(Cl)ccc(Cl)c1Cl. The Balaban J connectivity index is 2.24. The number of nitrogens with one attached hydrogen (secondary N) is 1. The third-order valence-electron chi connectivity index (χ3n) is 2.86. The van der Waals surface area contributed by atoms with Gasteiger partial charge in [0.1, 0.15) is 0 Å². The van der Waals surface area contributed by atoms with Crippen molar-refractivity contribution in [2.24, 2.45) is 0 Å². The Morgan fingerprint density at radius 1 is 0.895 bits per heavy atom. The minimum Gasteiger partial charge on any atom is -0.381 e. The number of rotatable bonds is 3. The summed E-state index contributed by atoms with van der Waals surface area (Å²) in [5, 5.41) is 5.53. The van der Waals surface area contributed by atoms with E-state index in [0.29, 0.717) is 26.6 Å². The molecule has 0 unspecified atom stereocenters. The smallest absolute Gasteiger partial charge is 0.0657 e. The van der Waals surface area contributed by atoms with Crippen LogP contribution in [0.2, 0.25) is 20.1 Å². The second-order valence-electron chi connectivity index (χ2n) is 4.09. The number of hydrogen-bond donors (Lipinski definition) is 1. The average molecular weight is 335 g/mol. The molecule has 2 aromatic rings. The van der Waals surface area contributed by atoms with Crippen LogP contribution in [-0.4, -0.2) is 0 Å². The van der Waals surface area contributed by atoms with Crippen molar-refractivity contribution >= 4 is 52.1 Å². The summed E-state index contributed by atoms with van der Waals surface area (Å²) in [4.78, 5) is 0. The highest BCUT2D eigenvalue weighted by Gasteiger charge is 2.10.